The van der Waals surface area contributed by atoms with E-state index in [4.69, 9.17) is 14.2 Å². The molecular weight excluding hydrogens is 398 g/mol. The fourth-order valence-electron chi connectivity index (χ4n) is 3.12. The number of rotatable bonds is 8. The minimum atomic E-state index is -0.671. The molecule has 0 atom stereocenters. The first-order chi connectivity index (χ1) is 14.9. The summed E-state index contributed by atoms with van der Waals surface area (Å²) in [6.07, 6.45) is 1.46. The summed E-state index contributed by atoms with van der Waals surface area (Å²) in [6.45, 7) is 3.33. The van der Waals surface area contributed by atoms with Crippen molar-refractivity contribution in [2.24, 2.45) is 0 Å². The molecule has 0 aliphatic carbocycles. The van der Waals surface area contributed by atoms with E-state index in [9.17, 15) is 14.4 Å². The molecule has 7 nitrogen and oxygen atoms in total. The summed E-state index contributed by atoms with van der Waals surface area (Å²) in [5.74, 6) is -0.173. The molecule has 7 heteroatoms. The van der Waals surface area contributed by atoms with E-state index >= 15 is 0 Å². The molecule has 2 aromatic carbocycles. The number of hydrogen-bond acceptors (Lipinski definition) is 6. The number of para-hydroxylation sites is 1. The number of ether oxygens (including phenoxy) is 3. The van der Waals surface area contributed by atoms with Crippen LogP contribution < -0.4 is 15.0 Å². The number of nitrogens with one attached hydrogen (secondary N) is 1. The Morgan fingerprint density at radius 1 is 1.06 bits per heavy atom. The number of esters is 1. The molecular formula is C24H23NO6. The van der Waals surface area contributed by atoms with Crippen molar-refractivity contribution in [1.29, 1.82) is 0 Å². The lowest BCUT2D eigenvalue weighted by molar-refractivity contribution is -0.139. The molecule has 0 radical (unpaired) electrons. The molecule has 160 valence electrons. The lowest BCUT2D eigenvalue weighted by atomic mass is 10.1. The lowest BCUT2D eigenvalue weighted by Gasteiger charge is -2.13. The van der Waals surface area contributed by atoms with Gasteiger partial charge in [-0.3, -0.25) is 9.59 Å². The summed E-state index contributed by atoms with van der Waals surface area (Å²) in [4.78, 5) is 38.6. The fraction of sp³-hybridized carbons (Fsp3) is 0.208. The summed E-state index contributed by atoms with van der Waals surface area (Å²) in [5.41, 5.74) is 1.81. The summed E-state index contributed by atoms with van der Waals surface area (Å²) in [5, 5.41) is 0.890. The molecule has 0 saturated heterocycles. The van der Waals surface area contributed by atoms with E-state index in [0.717, 1.165) is 16.5 Å². The number of pyridine rings is 1. The van der Waals surface area contributed by atoms with Crippen molar-refractivity contribution >= 4 is 28.7 Å². The van der Waals surface area contributed by atoms with Crippen LogP contribution in [0.2, 0.25) is 0 Å². The summed E-state index contributed by atoms with van der Waals surface area (Å²) in [6, 6.07) is 14.0. The topological polar surface area (TPSA) is 94.7 Å². The van der Waals surface area contributed by atoms with Crippen LogP contribution in [0.15, 0.2) is 58.9 Å². The molecule has 31 heavy (non-hydrogen) atoms. The van der Waals surface area contributed by atoms with Crippen LogP contribution in [0.5, 0.6) is 11.5 Å². The van der Waals surface area contributed by atoms with E-state index in [1.807, 2.05) is 24.3 Å². The van der Waals surface area contributed by atoms with Gasteiger partial charge in [-0.15, -0.1) is 0 Å². The van der Waals surface area contributed by atoms with Crippen molar-refractivity contribution in [3.63, 3.8) is 0 Å². The Balaban J connectivity index is 1.87. The first kappa shape index (κ1) is 21.8. The highest BCUT2D eigenvalue weighted by molar-refractivity contribution is 6.19. The third-order valence-corrected chi connectivity index (χ3v) is 4.59. The molecule has 1 N–H and O–H groups in total. The molecule has 1 heterocycles. The first-order valence-electron chi connectivity index (χ1n) is 9.74. The van der Waals surface area contributed by atoms with Gasteiger partial charge in [0.25, 0.3) is 0 Å². The molecule has 0 unspecified atom stereocenters. The number of benzene rings is 2. The Labute approximate surface area is 179 Å². The number of Topliss-reactive ketones (excluding diaryl/α,β-unsaturated/α-hetero) is 1. The summed E-state index contributed by atoms with van der Waals surface area (Å²) < 4.78 is 16.3. The van der Waals surface area contributed by atoms with Crippen LogP contribution in [0.25, 0.3) is 17.0 Å². The molecule has 1 aromatic heterocycles. The Hall–Kier alpha value is -3.87. The van der Waals surface area contributed by atoms with Crippen molar-refractivity contribution in [2.75, 3.05) is 13.7 Å². The molecule has 0 saturated carbocycles. The van der Waals surface area contributed by atoms with Crippen LogP contribution >= 0.6 is 0 Å². The number of carbonyl (C=O) groups is 2. The molecule has 0 amide bonds. The number of ketones is 1. The van der Waals surface area contributed by atoms with Gasteiger partial charge in [0.05, 0.1) is 13.7 Å². The Morgan fingerprint density at radius 3 is 2.55 bits per heavy atom. The van der Waals surface area contributed by atoms with Crippen LogP contribution in [-0.4, -0.2) is 30.5 Å². The first-order valence-corrected chi connectivity index (χ1v) is 9.74. The van der Waals surface area contributed by atoms with Gasteiger partial charge < -0.3 is 19.2 Å². The molecule has 0 aliphatic rings. The van der Waals surface area contributed by atoms with Gasteiger partial charge in [0.1, 0.15) is 12.2 Å². The minimum Gasteiger partial charge on any atom is -0.493 e. The van der Waals surface area contributed by atoms with Gasteiger partial charge in [-0.25, -0.2) is 4.79 Å². The number of hydrogen-bond donors (Lipinski definition) is 1. The number of methoxy groups -OCH3 is 1. The molecule has 0 spiro atoms. The Morgan fingerprint density at radius 2 is 1.84 bits per heavy atom. The van der Waals surface area contributed by atoms with Gasteiger partial charge in [0, 0.05) is 22.5 Å². The second-order valence-corrected chi connectivity index (χ2v) is 6.74. The van der Waals surface area contributed by atoms with Crippen LogP contribution in [0, 0.1) is 0 Å². The standard InChI is InChI=1S/C24H23NO6/c1-4-30-24(28)19(15(2)26)11-16-9-10-21(22(12-16)29-3)31-14-17-13-23(27)25-20-8-6-5-7-18(17)20/h5-13H,4,14H2,1-3H3,(H,25,27). The average Bonchev–Trinajstić information content (AvgIpc) is 2.75. The predicted octanol–water partition coefficient (Wildman–Crippen LogP) is 3.65. The minimum absolute atomic E-state index is 0.0486. The molecule has 3 rings (SSSR count). The summed E-state index contributed by atoms with van der Waals surface area (Å²) in [7, 11) is 1.50. The predicted molar refractivity (Wildman–Crippen MR) is 117 cm³/mol. The number of H-pyrrole nitrogens is 1. The number of carbonyl (C=O) groups excluding carboxylic acids is 2. The monoisotopic (exact) mass is 421 g/mol. The van der Waals surface area contributed by atoms with Crippen molar-refractivity contribution in [3.05, 3.63) is 75.6 Å². The normalized spacial score (nSPS) is 11.3. The van der Waals surface area contributed by atoms with Crippen molar-refractivity contribution in [2.45, 2.75) is 20.5 Å². The van der Waals surface area contributed by atoms with Crippen LogP contribution in [0.4, 0.5) is 0 Å². The van der Waals surface area contributed by atoms with E-state index in [-0.39, 0.29) is 30.1 Å². The molecule has 0 fully saturated rings. The highest BCUT2D eigenvalue weighted by Gasteiger charge is 2.16. The largest absolute Gasteiger partial charge is 0.493 e. The van der Waals surface area contributed by atoms with Gasteiger partial charge in [0.15, 0.2) is 17.3 Å². The Bertz CT molecular complexity index is 1210. The third kappa shape index (κ3) is 5.19. The second-order valence-electron chi connectivity index (χ2n) is 6.74. The van der Waals surface area contributed by atoms with Crippen LogP contribution in [0.3, 0.4) is 0 Å². The smallest absolute Gasteiger partial charge is 0.341 e. The van der Waals surface area contributed by atoms with E-state index in [0.29, 0.717) is 17.1 Å². The maximum absolute atomic E-state index is 12.0. The van der Waals surface area contributed by atoms with Crippen LogP contribution in [0.1, 0.15) is 25.0 Å². The van der Waals surface area contributed by atoms with Gasteiger partial charge in [-0.2, -0.15) is 0 Å². The van der Waals surface area contributed by atoms with E-state index < -0.39 is 5.97 Å². The maximum Gasteiger partial charge on any atom is 0.341 e. The van der Waals surface area contributed by atoms with E-state index in [1.165, 1.54) is 26.2 Å². The van der Waals surface area contributed by atoms with Crippen molar-refractivity contribution in [1.82, 2.24) is 4.98 Å². The Kier molecular flexibility index (Phi) is 6.87. The van der Waals surface area contributed by atoms with E-state index in [2.05, 4.69) is 4.98 Å². The van der Waals surface area contributed by atoms with E-state index in [1.54, 1.807) is 25.1 Å². The van der Waals surface area contributed by atoms with Gasteiger partial charge >= 0.3 is 5.97 Å². The number of aromatic amines is 1. The zero-order valence-electron chi connectivity index (χ0n) is 17.6. The van der Waals surface area contributed by atoms with Gasteiger partial charge in [-0.05, 0) is 43.7 Å². The summed E-state index contributed by atoms with van der Waals surface area (Å²) >= 11 is 0. The lowest BCUT2D eigenvalue weighted by Crippen LogP contribution is -2.13. The zero-order valence-corrected chi connectivity index (χ0v) is 17.6. The van der Waals surface area contributed by atoms with Crippen LogP contribution in [-0.2, 0) is 20.9 Å². The number of fused-ring (bicyclic) bond motifs is 1. The van der Waals surface area contributed by atoms with Crippen molar-refractivity contribution < 1.29 is 23.8 Å². The molecule has 0 aliphatic heterocycles. The SMILES string of the molecule is CCOC(=O)C(=Cc1ccc(OCc2cc(=O)[nH]c3ccccc23)c(OC)c1)C(C)=O. The van der Waals surface area contributed by atoms with Gasteiger partial charge in [0.2, 0.25) is 5.56 Å². The molecule has 3 aromatic rings. The highest BCUT2D eigenvalue weighted by atomic mass is 16.5. The average molecular weight is 421 g/mol. The number of aromatic nitrogens is 1. The third-order valence-electron chi connectivity index (χ3n) is 4.59. The zero-order chi connectivity index (χ0) is 22.4. The molecule has 0 bridgehead atoms. The second kappa shape index (κ2) is 9.75. The van der Waals surface area contributed by atoms with Crippen molar-refractivity contribution in [3.8, 4) is 11.5 Å². The quantitative estimate of drug-likeness (QED) is 0.258. The highest BCUT2D eigenvalue weighted by Crippen LogP contribution is 2.30. The van der Waals surface area contributed by atoms with Gasteiger partial charge in [-0.1, -0.05) is 24.3 Å². The fourth-order valence-corrected chi connectivity index (χ4v) is 3.12. The maximum atomic E-state index is 12.0.